The predicted molar refractivity (Wildman–Crippen MR) is 80.0 cm³/mol. The molecule has 0 aliphatic heterocycles. The maximum Gasteiger partial charge on any atom is 0.319 e. The molecule has 0 spiro atoms. The van der Waals surface area contributed by atoms with Crippen LogP contribution in [0.25, 0.3) is 11.0 Å². The zero-order valence-corrected chi connectivity index (χ0v) is 12.6. The molecule has 2 heterocycles. The van der Waals surface area contributed by atoms with E-state index in [4.69, 9.17) is 9.72 Å². The molecule has 3 rings (SSSR count). The van der Waals surface area contributed by atoms with Gasteiger partial charge >= 0.3 is 5.97 Å². The molecule has 0 saturated heterocycles. The van der Waals surface area contributed by atoms with Crippen LogP contribution in [0.4, 0.5) is 0 Å². The van der Waals surface area contributed by atoms with Crippen molar-refractivity contribution in [3.05, 3.63) is 24.3 Å². The maximum absolute atomic E-state index is 12.6. The van der Waals surface area contributed by atoms with Gasteiger partial charge in [0.2, 0.25) is 0 Å². The van der Waals surface area contributed by atoms with Gasteiger partial charge in [0.25, 0.3) is 0 Å². The number of hydrogen-bond acceptors (Lipinski definition) is 4. The van der Waals surface area contributed by atoms with Crippen molar-refractivity contribution >= 4 is 17.0 Å². The molecule has 2 aromatic heterocycles. The van der Waals surface area contributed by atoms with Crippen LogP contribution in [0, 0.1) is 0 Å². The summed E-state index contributed by atoms with van der Waals surface area (Å²) in [4.78, 5) is 21.5. The van der Waals surface area contributed by atoms with E-state index in [1.165, 1.54) is 0 Å². The van der Waals surface area contributed by atoms with E-state index < -0.39 is 5.41 Å². The van der Waals surface area contributed by atoms with Crippen LogP contribution in [0.5, 0.6) is 0 Å². The normalized spacial score (nSPS) is 17.2. The number of aryl methyl sites for hydroxylation is 1. The molecule has 0 aromatic carbocycles. The molecule has 1 aliphatic rings. The van der Waals surface area contributed by atoms with E-state index in [0.29, 0.717) is 6.61 Å². The quantitative estimate of drug-likeness (QED) is 0.811. The van der Waals surface area contributed by atoms with Gasteiger partial charge < -0.3 is 9.30 Å². The first-order chi connectivity index (χ1) is 10.2. The molecule has 112 valence electrons. The van der Waals surface area contributed by atoms with Crippen molar-refractivity contribution in [2.75, 3.05) is 6.61 Å². The number of carbonyl (C=O) groups excluding carboxylic acids is 1. The van der Waals surface area contributed by atoms with Crippen LogP contribution in [0.2, 0.25) is 0 Å². The summed E-state index contributed by atoms with van der Waals surface area (Å²) >= 11 is 0. The second-order valence-corrected chi connectivity index (χ2v) is 5.55. The number of pyridine rings is 1. The Morgan fingerprint density at radius 3 is 2.81 bits per heavy atom. The predicted octanol–water partition coefficient (Wildman–Crippen LogP) is 2.83. The van der Waals surface area contributed by atoms with E-state index >= 15 is 0 Å². The van der Waals surface area contributed by atoms with Crippen molar-refractivity contribution < 1.29 is 9.53 Å². The van der Waals surface area contributed by atoms with Gasteiger partial charge in [-0.3, -0.25) is 9.78 Å². The van der Waals surface area contributed by atoms with E-state index in [2.05, 4.69) is 16.5 Å². The fourth-order valence-electron chi connectivity index (χ4n) is 3.43. The molecule has 0 radical (unpaired) electrons. The summed E-state index contributed by atoms with van der Waals surface area (Å²) in [6, 6.07) is 1.96. The SMILES string of the molecule is CCOC(=O)C1(c2nc3cnccc3n2CC)CCCC1. The molecular formula is C16H21N3O2. The molecule has 0 atom stereocenters. The number of hydrogen-bond donors (Lipinski definition) is 0. The zero-order chi connectivity index (χ0) is 14.9. The molecule has 21 heavy (non-hydrogen) atoms. The third-order valence-corrected chi connectivity index (χ3v) is 4.42. The summed E-state index contributed by atoms with van der Waals surface area (Å²) in [6.07, 6.45) is 7.27. The first-order valence-corrected chi connectivity index (χ1v) is 7.71. The molecule has 5 heteroatoms. The topological polar surface area (TPSA) is 57.0 Å². The van der Waals surface area contributed by atoms with E-state index in [1.807, 2.05) is 13.0 Å². The summed E-state index contributed by atoms with van der Waals surface area (Å²) in [5.41, 5.74) is 1.31. The summed E-state index contributed by atoms with van der Waals surface area (Å²) in [5.74, 6) is 0.726. The second kappa shape index (κ2) is 5.47. The summed E-state index contributed by atoms with van der Waals surface area (Å²) in [6.45, 7) is 5.14. The van der Waals surface area contributed by atoms with Crippen molar-refractivity contribution in [1.29, 1.82) is 0 Å². The lowest BCUT2D eigenvalue weighted by molar-refractivity contribution is -0.150. The average Bonchev–Trinajstić information content (AvgIpc) is 3.12. The van der Waals surface area contributed by atoms with Gasteiger partial charge in [-0.05, 0) is 32.8 Å². The van der Waals surface area contributed by atoms with Crippen LogP contribution in [0.1, 0.15) is 45.4 Å². The van der Waals surface area contributed by atoms with Gasteiger partial charge in [0.1, 0.15) is 16.8 Å². The van der Waals surface area contributed by atoms with Gasteiger partial charge in [-0.15, -0.1) is 0 Å². The number of carbonyl (C=O) groups is 1. The standard InChI is InChI=1S/C16H21N3O2/c1-3-19-13-7-10-17-11-12(13)18-14(19)16(8-5-6-9-16)15(20)21-4-2/h7,10-11H,3-6,8-9H2,1-2H3. The van der Waals surface area contributed by atoms with Crippen LogP contribution in [0.3, 0.4) is 0 Å². The van der Waals surface area contributed by atoms with Crippen LogP contribution in [-0.2, 0) is 21.5 Å². The Morgan fingerprint density at radius 2 is 2.14 bits per heavy atom. The van der Waals surface area contributed by atoms with E-state index in [9.17, 15) is 4.79 Å². The highest BCUT2D eigenvalue weighted by Crippen LogP contribution is 2.42. The lowest BCUT2D eigenvalue weighted by Gasteiger charge is -2.26. The van der Waals surface area contributed by atoms with Gasteiger partial charge in [-0.1, -0.05) is 12.8 Å². The Labute approximate surface area is 124 Å². The van der Waals surface area contributed by atoms with Crippen molar-refractivity contribution in [2.45, 2.75) is 51.5 Å². The molecule has 0 amide bonds. The van der Waals surface area contributed by atoms with Crippen molar-refractivity contribution in [1.82, 2.24) is 14.5 Å². The molecule has 2 aromatic rings. The van der Waals surface area contributed by atoms with Gasteiger partial charge in [0.15, 0.2) is 0 Å². The molecule has 0 unspecified atom stereocenters. The molecule has 0 N–H and O–H groups in total. The molecule has 1 aliphatic carbocycles. The Balaban J connectivity index is 2.18. The number of fused-ring (bicyclic) bond motifs is 1. The monoisotopic (exact) mass is 287 g/mol. The minimum absolute atomic E-state index is 0.125. The first-order valence-electron chi connectivity index (χ1n) is 7.71. The van der Waals surface area contributed by atoms with E-state index in [1.54, 1.807) is 12.4 Å². The first kappa shape index (κ1) is 14.0. The van der Waals surface area contributed by atoms with E-state index in [0.717, 1.165) is 49.1 Å². The van der Waals surface area contributed by atoms with Crippen LogP contribution in [0.15, 0.2) is 18.5 Å². The minimum atomic E-state index is -0.578. The Kier molecular flexibility index (Phi) is 3.66. The van der Waals surface area contributed by atoms with E-state index in [-0.39, 0.29) is 5.97 Å². The highest BCUT2D eigenvalue weighted by Gasteiger charge is 2.47. The fourth-order valence-corrected chi connectivity index (χ4v) is 3.43. The molecule has 1 fully saturated rings. The zero-order valence-electron chi connectivity index (χ0n) is 12.6. The highest BCUT2D eigenvalue weighted by atomic mass is 16.5. The number of esters is 1. The fraction of sp³-hybridized carbons (Fsp3) is 0.562. The Hall–Kier alpha value is -1.91. The molecule has 5 nitrogen and oxygen atoms in total. The highest BCUT2D eigenvalue weighted by molar-refractivity contribution is 5.85. The van der Waals surface area contributed by atoms with Crippen molar-refractivity contribution in [3.63, 3.8) is 0 Å². The third kappa shape index (κ3) is 2.11. The van der Waals surface area contributed by atoms with Gasteiger partial charge in [0, 0.05) is 12.7 Å². The van der Waals surface area contributed by atoms with Gasteiger partial charge in [0.05, 0.1) is 18.3 Å². The second-order valence-electron chi connectivity index (χ2n) is 5.55. The number of imidazole rings is 1. The lowest BCUT2D eigenvalue weighted by Crippen LogP contribution is -2.37. The van der Waals surface area contributed by atoms with Gasteiger partial charge in [-0.25, -0.2) is 4.98 Å². The van der Waals surface area contributed by atoms with Crippen molar-refractivity contribution in [3.8, 4) is 0 Å². The molecular weight excluding hydrogens is 266 g/mol. The molecule has 0 bridgehead atoms. The van der Waals surface area contributed by atoms with Crippen LogP contribution >= 0.6 is 0 Å². The summed E-state index contributed by atoms with van der Waals surface area (Å²) in [7, 11) is 0. The van der Waals surface area contributed by atoms with Crippen LogP contribution in [-0.4, -0.2) is 27.1 Å². The number of aromatic nitrogens is 3. The number of ether oxygens (including phenoxy) is 1. The minimum Gasteiger partial charge on any atom is -0.465 e. The van der Waals surface area contributed by atoms with Crippen molar-refractivity contribution in [2.24, 2.45) is 0 Å². The maximum atomic E-state index is 12.6. The number of rotatable bonds is 4. The Bertz CT molecular complexity index is 657. The number of nitrogens with zero attached hydrogens (tertiary/aromatic N) is 3. The third-order valence-electron chi connectivity index (χ3n) is 4.42. The smallest absolute Gasteiger partial charge is 0.319 e. The largest absolute Gasteiger partial charge is 0.465 e. The summed E-state index contributed by atoms with van der Waals surface area (Å²) < 4.78 is 7.51. The lowest BCUT2D eigenvalue weighted by atomic mass is 9.85. The van der Waals surface area contributed by atoms with Gasteiger partial charge in [-0.2, -0.15) is 0 Å². The average molecular weight is 287 g/mol. The molecule has 1 saturated carbocycles. The van der Waals surface area contributed by atoms with Crippen LogP contribution < -0.4 is 0 Å². The Morgan fingerprint density at radius 1 is 1.38 bits per heavy atom. The summed E-state index contributed by atoms with van der Waals surface area (Å²) in [5, 5.41) is 0.